The lowest BCUT2D eigenvalue weighted by atomic mass is 10.2. The highest BCUT2D eigenvalue weighted by atomic mass is 16.5. The van der Waals surface area contributed by atoms with E-state index in [1.165, 1.54) is 5.56 Å². The van der Waals surface area contributed by atoms with Crippen molar-refractivity contribution in [1.82, 2.24) is 5.01 Å². The summed E-state index contributed by atoms with van der Waals surface area (Å²) in [7, 11) is 3.30. The fourth-order valence-electron chi connectivity index (χ4n) is 3.15. The number of hydrazone groups is 1. The minimum atomic E-state index is 0.724. The van der Waals surface area contributed by atoms with Crippen LogP contribution < -0.4 is 14.4 Å². The molecule has 1 aliphatic heterocycles. The third-order valence-corrected chi connectivity index (χ3v) is 4.54. The molecule has 0 radical (unpaired) electrons. The Kier molecular flexibility index (Phi) is 5.90. The third-order valence-electron chi connectivity index (χ3n) is 4.54. The molecule has 0 atom stereocenters. The van der Waals surface area contributed by atoms with Gasteiger partial charge in [0.2, 0.25) is 0 Å². The highest BCUT2D eigenvalue weighted by molar-refractivity contribution is 5.84. The molecule has 2 aromatic carbocycles. The highest BCUT2D eigenvalue weighted by Gasteiger charge is 2.18. The van der Waals surface area contributed by atoms with Crippen molar-refractivity contribution < 1.29 is 14.4 Å². The van der Waals surface area contributed by atoms with Crippen LogP contribution in [0.15, 0.2) is 53.6 Å². The van der Waals surface area contributed by atoms with Crippen molar-refractivity contribution in [2.24, 2.45) is 5.10 Å². The Balaban J connectivity index is 1.56. The molecule has 5 nitrogen and oxygen atoms in total. The van der Waals surface area contributed by atoms with Crippen LogP contribution in [0.4, 0.5) is 0 Å². The molecule has 1 N–H and O–H groups in total. The molecule has 0 amide bonds. The molecule has 25 heavy (non-hydrogen) atoms. The first-order valence-corrected chi connectivity index (χ1v) is 8.67. The summed E-state index contributed by atoms with van der Waals surface area (Å²) in [4.78, 5) is 1.61. The Labute approximate surface area is 149 Å². The molecule has 2 aromatic rings. The van der Waals surface area contributed by atoms with Crippen LogP contribution in [0.2, 0.25) is 0 Å². The van der Waals surface area contributed by atoms with E-state index in [-0.39, 0.29) is 0 Å². The van der Waals surface area contributed by atoms with E-state index in [1.54, 1.807) is 19.1 Å². The first kappa shape index (κ1) is 17.3. The van der Waals surface area contributed by atoms with Crippen LogP contribution in [-0.2, 0) is 6.54 Å². The van der Waals surface area contributed by atoms with Crippen LogP contribution in [0.5, 0.6) is 11.5 Å². The van der Waals surface area contributed by atoms with Crippen LogP contribution in [0.25, 0.3) is 0 Å². The molecule has 0 aliphatic carbocycles. The standard InChI is InChI=1S/C20H25N3O2/c1-24-19-10-6-9-18(20(19)25-2)15-21-23-13-11-22(12-14-23)16-17-7-4-3-5-8-17/h3-10,15H,11-14,16H2,1-2H3/p+1/b21-15+. The predicted octanol–water partition coefficient (Wildman–Crippen LogP) is 1.44. The van der Waals surface area contributed by atoms with E-state index in [4.69, 9.17) is 9.47 Å². The second-order valence-electron chi connectivity index (χ2n) is 6.19. The Bertz CT molecular complexity index is 695. The molecular formula is C20H26N3O2+. The monoisotopic (exact) mass is 340 g/mol. The topological polar surface area (TPSA) is 38.5 Å². The van der Waals surface area contributed by atoms with E-state index >= 15 is 0 Å². The first-order chi connectivity index (χ1) is 12.3. The Morgan fingerprint density at radius 3 is 2.44 bits per heavy atom. The van der Waals surface area contributed by atoms with Gasteiger partial charge in [0.15, 0.2) is 11.5 Å². The maximum absolute atomic E-state index is 5.45. The first-order valence-electron chi connectivity index (χ1n) is 8.67. The number of ether oxygens (including phenoxy) is 2. The number of hydrogen-bond acceptors (Lipinski definition) is 4. The van der Waals surface area contributed by atoms with Gasteiger partial charge in [0.1, 0.15) is 6.54 Å². The zero-order chi connectivity index (χ0) is 17.5. The molecule has 5 heteroatoms. The smallest absolute Gasteiger partial charge is 0.169 e. The van der Waals surface area contributed by atoms with Gasteiger partial charge in [-0.25, -0.2) is 0 Å². The van der Waals surface area contributed by atoms with Gasteiger partial charge in [-0.15, -0.1) is 0 Å². The van der Waals surface area contributed by atoms with Gasteiger partial charge in [-0.3, -0.25) is 5.01 Å². The van der Waals surface area contributed by atoms with E-state index < -0.39 is 0 Å². The van der Waals surface area contributed by atoms with Crippen LogP contribution in [0.3, 0.4) is 0 Å². The Hall–Kier alpha value is -2.53. The molecule has 1 heterocycles. The largest absolute Gasteiger partial charge is 0.493 e. The molecule has 1 aliphatic rings. The molecule has 0 unspecified atom stereocenters. The van der Waals surface area contributed by atoms with Crippen molar-refractivity contribution in [3.05, 3.63) is 59.7 Å². The van der Waals surface area contributed by atoms with Gasteiger partial charge in [0, 0.05) is 11.1 Å². The summed E-state index contributed by atoms with van der Waals surface area (Å²) in [6.45, 7) is 5.21. The van der Waals surface area contributed by atoms with Crippen LogP contribution >= 0.6 is 0 Å². The Morgan fingerprint density at radius 2 is 1.76 bits per heavy atom. The minimum absolute atomic E-state index is 0.724. The number of quaternary nitrogens is 1. The van der Waals surface area contributed by atoms with Gasteiger partial charge in [-0.05, 0) is 12.1 Å². The molecule has 1 saturated heterocycles. The summed E-state index contributed by atoms with van der Waals surface area (Å²) < 4.78 is 10.8. The highest BCUT2D eigenvalue weighted by Crippen LogP contribution is 2.29. The minimum Gasteiger partial charge on any atom is -0.493 e. The van der Waals surface area contributed by atoms with Crippen molar-refractivity contribution in [1.29, 1.82) is 0 Å². The van der Waals surface area contributed by atoms with E-state index in [9.17, 15) is 0 Å². The number of hydrogen-bond donors (Lipinski definition) is 1. The van der Waals surface area contributed by atoms with E-state index in [0.29, 0.717) is 0 Å². The fourth-order valence-corrected chi connectivity index (χ4v) is 3.15. The van der Waals surface area contributed by atoms with Gasteiger partial charge in [-0.2, -0.15) is 5.10 Å². The number of piperazine rings is 1. The summed E-state index contributed by atoms with van der Waals surface area (Å²) in [6, 6.07) is 16.5. The van der Waals surface area contributed by atoms with Gasteiger partial charge in [0.05, 0.1) is 46.6 Å². The van der Waals surface area contributed by atoms with Crippen molar-refractivity contribution in [2.45, 2.75) is 6.54 Å². The maximum atomic E-state index is 5.45. The van der Waals surface area contributed by atoms with E-state index in [2.05, 4.69) is 40.4 Å². The van der Waals surface area contributed by atoms with E-state index in [1.807, 2.05) is 24.4 Å². The molecule has 1 fully saturated rings. The molecule has 0 bridgehead atoms. The molecule has 3 rings (SSSR count). The number of rotatable bonds is 6. The number of para-hydroxylation sites is 1. The molecular weight excluding hydrogens is 314 g/mol. The SMILES string of the molecule is COc1cccc(/C=N/N2CC[NH+](Cc3ccccc3)CC2)c1OC. The second-order valence-corrected chi connectivity index (χ2v) is 6.19. The third kappa shape index (κ3) is 4.51. The lowest BCUT2D eigenvalue weighted by Gasteiger charge is -2.30. The Morgan fingerprint density at radius 1 is 1.00 bits per heavy atom. The van der Waals surface area contributed by atoms with Crippen LogP contribution in [0, 0.1) is 0 Å². The number of methoxy groups -OCH3 is 2. The molecule has 0 aromatic heterocycles. The predicted molar refractivity (Wildman–Crippen MR) is 99.6 cm³/mol. The lowest BCUT2D eigenvalue weighted by Crippen LogP contribution is -3.13. The summed E-state index contributed by atoms with van der Waals surface area (Å²) in [5.74, 6) is 1.45. The molecule has 0 spiro atoms. The van der Waals surface area contributed by atoms with E-state index in [0.717, 1.165) is 49.8 Å². The summed E-state index contributed by atoms with van der Waals surface area (Å²) in [5.41, 5.74) is 2.33. The maximum Gasteiger partial charge on any atom is 0.169 e. The zero-order valence-corrected chi connectivity index (χ0v) is 14.9. The lowest BCUT2D eigenvalue weighted by molar-refractivity contribution is -0.918. The zero-order valence-electron chi connectivity index (χ0n) is 14.9. The summed E-state index contributed by atoms with van der Waals surface area (Å²) >= 11 is 0. The average molecular weight is 340 g/mol. The van der Waals surface area contributed by atoms with Crippen LogP contribution in [-0.4, -0.2) is 51.6 Å². The summed E-state index contributed by atoms with van der Waals surface area (Å²) in [6.07, 6.45) is 1.86. The van der Waals surface area contributed by atoms with Crippen molar-refractivity contribution >= 4 is 6.21 Å². The van der Waals surface area contributed by atoms with Crippen LogP contribution in [0.1, 0.15) is 11.1 Å². The van der Waals surface area contributed by atoms with Gasteiger partial charge in [-0.1, -0.05) is 36.4 Å². The van der Waals surface area contributed by atoms with Crippen molar-refractivity contribution in [3.8, 4) is 11.5 Å². The molecule has 132 valence electrons. The van der Waals surface area contributed by atoms with Gasteiger partial charge in [0.25, 0.3) is 0 Å². The number of benzene rings is 2. The molecule has 0 saturated carbocycles. The number of nitrogens with zero attached hydrogens (tertiary/aromatic N) is 2. The fraction of sp³-hybridized carbons (Fsp3) is 0.350. The summed E-state index contributed by atoms with van der Waals surface area (Å²) in [5, 5.41) is 6.77. The van der Waals surface area contributed by atoms with Gasteiger partial charge < -0.3 is 14.4 Å². The normalized spacial score (nSPS) is 15.5. The van der Waals surface area contributed by atoms with Crippen molar-refractivity contribution in [2.75, 3.05) is 40.4 Å². The van der Waals surface area contributed by atoms with Crippen molar-refractivity contribution in [3.63, 3.8) is 0 Å². The quantitative estimate of drug-likeness (QED) is 0.809. The number of nitrogens with one attached hydrogen (secondary N) is 1. The van der Waals surface area contributed by atoms with Gasteiger partial charge >= 0.3 is 0 Å². The second kappa shape index (κ2) is 8.53. The average Bonchev–Trinajstić information content (AvgIpc) is 2.67.